The first-order valence-corrected chi connectivity index (χ1v) is 4.87. The topological polar surface area (TPSA) is 12.0 Å². The summed E-state index contributed by atoms with van der Waals surface area (Å²) in [5, 5.41) is 3.08. The van der Waals surface area contributed by atoms with Crippen molar-refractivity contribution in [2.75, 3.05) is 6.54 Å². The zero-order valence-corrected chi connectivity index (χ0v) is 8.98. The van der Waals surface area contributed by atoms with Crippen molar-refractivity contribution in [2.24, 2.45) is 0 Å². The van der Waals surface area contributed by atoms with Gasteiger partial charge in [0.1, 0.15) is 11.6 Å². The van der Waals surface area contributed by atoms with Crippen LogP contribution in [-0.4, -0.2) is 6.54 Å². The lowest BCUT2D eigenvalue weighted by atomic mass is 10.2. The van der Waals surface area contributed by atoms with E-state index in [1.54, 1.807) is 0 Å². The molecule has 0 unspecified atom stereocenters. The molecule has 0 aliphatic heterocycles. The third-order valence-corrected chi connectivity index (χ3v) is 1.91. The van der Waals surface area contributed by atoms with Crippen LogP contribution in [0, 0.1) is 11.6 Å². The van der Waals surface area contributed by atoms with Crippen LogP contribution in [0.3, 0.4) is 0 Å². The summed E-state index contributed by atoms with van der Waals surface area (Å²) in [7, 11) is 0. The van der Waals surface area contributed by atoms with Gasteiger partial charge in [0.2, 0.25) is 0 Å². The summed E-state index contributed by atoms with van der Waals surface area (Å²) >= 11 is 0. The van der Waals surface area contributed by atoms with E-state index in [2.05, 4.69) is 5.32 Å². The average Bonchev–Trinajstić information content (AvgIpc) is 2.10. The number of halogens is 2. The molecule has 0 saturated carbocycles. The summed E-state index contributed by atoms with van der Waals surface area (Å²) in [6.45, 7) is 5.19. The Morgan fingerprint density at radius 2 is 1.80 bits per heavy atom. The van der Waals surface area contributed by atoms with Crippen LogP contribution in [-0.2, 0) is 6.54 Å². The maximum atomic E-state index is 12.8. The van der Waals surface area contributed by atoms with Crippen LogP contribution in [0.1, 0.15) is 19.4 Å². The fraction of sp³-hybridized carbons (Fsp3) is 0.333. The molecule has 0 fully saturated rings. The molecule has 0 spiro atoms. The van der Waals surface area contributed by atoms with E-state index in [9.17, 15) is 8.78 Å². The molecule has 15 heavy (non-hydrogen) atoms. The Hall–Kier alpha value is -1.22. The molecule has 0 heterocycles. The first-order valence-electron chi connectivity index (χ1n) is 4.87. The van der Waals surface area contributed by atoms with Crippen LogP contribution in [0.4, 0.5) is 8.78 Å². The van der Waals surface area contributed by atoms with Crippen LogP contribution in [0.5, 0.6) is 0 Å². The Bertz CT molecular complexity index is 334. The zero-order valence-electron chi connectivity index (χ0n) is 8.98. The fourth-order valence-electron chi connectivity index (χ4n) is 1.21. The summed E-state index contributed by atoms with van der Waals surface area (Å²) in [4.78, 5) is 0. The Morgan fingerprint density at radius 1 is 1.20 bits per heavy atom. The number of nitrogens with one attached hydrogen (secondary N) is 1. The monoisotopic (exact) mass is 211 g/mol. The van der Waals surface area contributed by atoms with Crippen LogP contribution in [0.15, 0.2) is 29.8 Å². The number of allylic oxidation sites excluding steroid dienone is 1. The van der Waals surface area contributed by atoms with E-state index >= 15 is 0 Å². The fourth-order valence-corrected chi connectivity index (χ4v) is 1.21. The molecule has 82 valence electrons. The lowest BCUT2D eigenvalue weighted by molar-refractivity contribution is 0.577. The number of hydrogen-bond donors (Lipinski definition) is 1. The first-order chi connectivity index (χ1) is 7.08. The van der Waals surface area contributed by atoms with Gasteiger partial charge in [-0.15, -0.1) is 0 Å². The van der Waals surface area contributed by atoms with E-state index < -0.39 is 11.6 Å². The summed E-state index contributed by atoms with van der Waals surface area (Å²) < 4.78 is 25.6. The number of rotatable bonds is 4. The van der Waals surface area contributed by atoms with Crippen molar-refractivity contribution in [1.29, 1.82) is 0 Å². The number of benzene rings is 1. The van der Waals surface area contributed by atoms with Crippen molar-refractivity contribution >= 4 is 0 Å². The van der Waals surface area contributed by atoms with Crippen LogP contribution < -0.4 is 5.32 Å². The quantitative estimate of drug-likeness (QED) is 0.596. The van der Waals surface area contributed by atoms with Gasteiger partial charge in [-0.2, -0.15) is 0 Å². The predicted molar refractivity (Wildman–Crippen MR) is 57.5 cm³/mol. The minimum Gasteiger partial charge on any atom is -0.309 e. The summed E-state index contributed by atoms with van der Waals surface area (Å²) in [5.41, 5.74) is 1.84. The first kappa shape index (κ1) is 11.9. The molecule has 3 heteroatoms. The molecule has 0 radical (unpaired) electrons. The van der Waals surface area contributed by atoms with Crippen LogP contribution in [0.25, 0.3) is 0 Å². The predicted octanol–water partition coefficient (Wildman–Crippen LogP) is 3.02. The average molecular weight is 211 g/mol. The van der Waals surface area contributed by atoms with Gasteiger partial charge in [0.05, 0.1) is 0 Å². The van der Waals surface area contributed by atoms with Gasteiger partial charge in [0.25, 0.3) is 0 Å². The van der Waals surface area contributed by atoms with Gasteiger partial charge in [0.15, 0.2) is 0 Å². The van der Waals surface area contributed by atoms with Gasteiger partial charge >= 0.3 is 0 Å². The van der Waals surface area contributed by atoms with Crippen molar-refractivity contribution in [3.63, 3.8) is 0 Å². The molecule has 0 bridgehead atoms. The maximum Gasteiger partial charge on any atom is 0.126 e. The van der Waals surface area contributed by atoms with E-state index in [-0.39, 0.29) is 0 Å². The molecule has 1 rings (SSSR count). The lowest BCUT2D eigenvalue weighted by Crippen LogP contribution is -2.13. The molecule has 0 aromatic heterocycles. The molecule has 0 saturated heterocycles. The SMILES string of the molecule is CC(C)=CCNCc1cc(F)cc(F)c1. The maximum absolute atomic E-state index is 12.8. The summed E-state index contributed by atoms with van der Waals surface area (Å²) in [5.74, 6) is -1.07. The van der Waals surface area contributed by atoms with Crippen LogP contribution >= 0.6 is 0 Å². The minimum atomic E-state index is -0.533. The Labute approximate surface area is 88.8 Å². The molecule has 0 aliphatic rings. The highest BCUT2D eigenvalue weighted by atomic mass is 19.1. The third kappa shape index (κ3) is 4.70. The second-order valence-electron chi connectivity index (χ2n) is 3.69. The number of hydrogen-bond acceptors (Lipinski definition) is 1. The van der Waals surface area contributed by atoms with Crippen LogP contribution in [0.2, 0.25) is 0 Å². The van der Waals surface area contributed by atoms with Crippen molar-refractivity contribution < 1.29 is 8.78 Å². The largest absolute Gasteiger partial charge is 0.309 e. The van der Waals surface area contributed by atoms with E-state index in [1.165, 1.54) is 17.7 Å². The van der Waals surface area contributed by atoms with Crippen molar-refractivity contribution in [2.45, 2.75) is 20.4 Å². The highest BCUT2D eigenvalue weighted by Gasteiger charge is 1.99. The third-order valence-electron chi connectivity index (χ3n) is 1.91. The standard InChI is InChI=1S/C12H15F2N/c1-9(2)3-4-15-8-10-5-11(13)7-12(14)6-10/h3,5-7,15H,4,8H2,1-2H3. The molecule has 1 N–H and O–H groups in total. The smallest absolute Gasteiger partial charge is 0.126 e. The molecule has 1 nitrogen and oxygen atoms in total. The van der Waals surface area contributed by atoms with Crippen molar-refractivity contribution in [1.82, 2.24) is 5.32 Å². The molecular weight excluding hydrogens is 196 g/mol. The van der Waals surface area contributed by atoms with E-state index in [0.717, 1.165) is 6.07 Å². The highest BCUT2D eigenvalue weighted by Crippen LogP contribution is 2.07. The molecule has 0 atom stereocenters. The van der Waals surface area contributed by atoms with E-state index in [1.807, 2.05) is 19.9 Å². The molecule has 1 aromatic rings. The highest BCUT2D eigenvalue weighted by molar-refractivity contribution is 5.17. The van der Waals surface area contributed by atoms with Gasteiger partial charge < -0.3 is 5.32 Å². The Morgan fingerprint density at radius 3 is 2.33 bits per heavy atom. The van der Waals surface area contributed by atoms with Gasteiger partial charge in [-0.1, -0.05) is 11.6 Å². The van der Waals surface area contributed by atoms with Gasteiger partial charge in [-0.25, -0.2) is 8.78 Å². The van der Waals surface area contributed by atoms with Crippen molar-refractivity contribution in [3.8, 4) is 0 Å². The molecule has 1 aromatic carbocycles. The second kappa shape index (κ2) is 5.61. The second-order valence-corrected chi connectivity index (χ2v) is 3.69. The lowest BCUT2D eigenvalue weighted by Gasteiger charge is -2.03. The Kier molecular flexibility index (Phi) is 4.43. The summed E-state index contributed by atoms with van der Waals surface area (Å²) in [6, 6.07) is 3.54. The Balaban J connectivity index is 2.47. The molecular formula is C12H15F2N. The normalized spacial score (nSPS) is 10.1. The minimum absolute atomic E-state index is 0.471. The summed E-state index contributed by atoms with van der Waals surface area (Å²) in [6.07, 6.45) is 2.02. The van der Waals surface area contributed by atoms with Gasteiger partial charge in [0, 0.05) is 19.2 Å². The molecule has 0 aliphatic carbocycles. The van der Waals surface area contributed by atoms with Gasteiger partial charge in [-0.3, -0.25) is 0 Å². The van der Waals surface area contributed by atoms with E-state index in [0.29, 0.717) is 18.7 Å². The molecule has 0 amide bonds. The van der Waals surface area contributed by atoms with Crippen molar-refractivity contribution in [3.05, 3.63) is 47.0 Å². The zero-order chi connectivity index (χ0) is 11.3. The van der Waals surface area contributed by atoms with E-state index in [4.69, 9.17) is 0 Å². The van der Waals surface area contributed by atoms with Gasteiger partial charge in [-0.05, 0) is 31.5 Å².